The summed E-state index contributed by atoms with van der Waals surface area (Å²) in [6.45, 7) is 10.6. The number of carbonyl (C=O) groups excluding carboxylic acids is 1. The first-order valence-corrected chi connectivity index (χ1v) is 11.0. The lowest BCUT2D eigenvalue weighted by Gasteiger charge is -2.29. The molecule has 152 valence electrons. The topological polar surface area (TPSA) is 32.8 Å². The lowest BCUT2D eigenvalue weighted by molar-refractivity contribution is -0.130. The maximum atomic E-state index is 12.3. The van der Waals surface area contributed by atoms with Crippen molar-refractivity contribution >= 4 is 17.2 Å². The average molecular weight is 401 g/mol. The minimum Gasteiger partial charge on any atom is -0.496 e. The fraction of sp³-hybridized carbons (Fsp3) is 0.522. The molecule has 2 heterocycles. The van der Waals surface area contributed by atoms with Gasteiger partial charge in [-0.05, 0) is 34.9 Å². The number of likely N-dealkylation sites (tertiary alicyclic amines) is 1. The molecule has 1 aromatic heterocycles. The number of ether oxygens (including phenoxy) is 1. The predicted molar refractivity (Wildman–Crippen MR) is 116 cm³/mol. The molecule has 0 radical (unpaired) electrons. The van der Waals surface area contributed by atoms with E-state index in [1.165, 1.54) is 10.4 Å². The van der Waals surface area contributed by atoms with E-state index < -0.39 is 0 Å². The molecule has 2 unspecified atom stereocenters. The van der Waals surface area contributed by atoms with Crippen molar-refractivity contribution < 1.29 is 9.53 Å². The van der Waals surface area contributed by atoms with Crippen LogP contribution in [-0.4, -0.2) is 49.0 Å². The molecule has 1 aliphatic rings. The molecule has 1 aromatic carbocycles. The van der Waals surface area contributed by atoms with Gasteiger partial charge in [0.15, 0.2) is 0 Å². The summed E-state index contributed by atoms with van der Waals surface area (Å²) in [6, 6.07) is 12.7. The third-order valence-corrected chi connectivity index (χ3v) is 6.36. The van der Waals surface area contributed by atoms with E-state index in [2.05, 4.69) is 48.4 Å². The fourth-order valence-corrected chi connectivity index (χ4v) is 5.02. The van der Waals surface area contributed by atoms with Crippen molar-refractivity contribution in [3.05, 3.63) is 52.2 Å². The first-order valence-electron chi connectivity index (χ1n) is 10.1. The highest BCUT2D eigenvalue weighted by Gasteiger charge is 2.36. The summed E-state index contributed by atoms with van der Waals surface area (Å²) in [7, 11) is 1.74. The van der Waals surface area contributed by atoms with Crippen molar-refractivity contribution in [2.24, 2.45) is 11.8 Å². The van der Waals surface area contributed by atoms with Crippen LogP contribution in [0.1, 0.15) is 37.1 Å². The number of benzene rings is 1. The van der Waals surface area contributed by atoms with Crippen LogP contribution in [0.25, 0.3) is 0 Å². The van der Waals surface area contributed by atoms with Gasteiger partial charge in [0.25, 0.3) is 0 Å². The van der Waals surface area contributed by atoms with E-state index in [0.29, 0.717) is 17.8 Å². The molecule has 1 amide bonds. The lowest BCUT2D eigenvalue weighted by Crippen LogP contribution is -2.38. The Morgan fingerprint density at radius 1 is 1.25 bits per heavy atom. The van der Waals surface area contributed by atoms with Crippen molar-refractivity contribution in [1.29, 1.82) is 0 Å². The number of rotatable bonds is 8. The van der Waals surface area contributed by atoms with Gasteiger partial charge in [-0.2, -0.15) is 0 Å². The van der Waals surface area contributed by atoms with Crippen molar-refractivity contribution in [3.8, 4) is 5.75 Å². The van der Waals surface area contributed by atoms with Gasteiger partial charge < -0.3 is 9.64 Å². The molecule has 2 atom stereocenters. The predicted octanol–water partition coefficient (Wildman–Crippen LogP) is 4.48. The Morgan fingerprint density at radius 3 is 2.68 bits per heavy atom. The minimum absolute atomic E-state index is 0.171. The molecule has 0 bridgehead atoms. The quantitative estimate of drug-likeness (QED) is 0.655. The number of thiophene rings is 1. The van der Waals surface area contributed by atoms with Gasteiger partial charge in [0.1, 0.15) is 5.75 Å². The molecule has 0 aliphatic carbocycles. The average Bonchev–Trinajstić information content (AvgIpc) is 3.31. The summed E-state index contributed by atoms with van der Waals surface area (Å²) in [5.41, 5.74) is 1.26. The van der Waals surface area contributed by atoms with Crippen LogP contribution in [0.5, 0.6) is 5.75 Å². The molecule has 0 N–H and O–H groups in total. The summed E-state index contributed by atoms with van der Waals surface area (Å²) < 4.78 is 5.67. The first kappa shape index (κ1) is 20.9. The zero-order valence-electron chi connectivity index (χ0n) is 17.4. The highest BCUT2D eigenvalue weighted by Crippen LogP contribution is 2.38. The molecule has 0 saturated carbocycles. The van der Waals surface area contributed by atoms with Crippen LogP contribution in [-0.2, 0) is 11.3 Å². The SMILES string of the molecule is COc1ccccc1C1CN(Cc2cccs2)CC1CN(CC(C)C)C(C)=O. The molecule has 1 saturated heterocycles. The van der Waals surface area contributed by atoms with E-state index in [0.717, 1.165) is 38.5 Å². The van der Waals surface area contributed by atoms with Gasteiger partial charge in [-0.1, -0.05) is 38.1 Å². The Morgan fingerprint density at radius 2 is 2.04 bits per heavy atom. The van der Waals surface area contributed by atoms with Crippen LogP contribution in [0.3, 0.4) is 0 Å². The van der Waals surface area contributed by atoms with E-state index >= 15 is 0 Å². The van der Waals surface area contributed by atoms with Gasteiger partial charge in [0, 0.05) is 50.4 Å². The smallest absolute Gasteiger partial charge is 0.219 e. The van der Waals surface area contributed by atoms with Crippen molar-refractivity contribution in [1.82, 2.24) is 9.80 Å². The molecule has 1 fully saturated rings. The van der Waals surface area contributed by atoms with Gasteiger partial charge in [-0.25, -0.2) is 0 Å². The van der Waals surface area contributed by atoms with Crippen LogP contribution in [0.4, 0.5) is 0 Å². The number of amides is 1. The van der Waals surface area contributed by atoms with Crippen molar-refractivity contribution in [2.45, 2.75) is 33.2 Å². The maximum Gasteiger partial charge on any atom is 0.219 e. The third kappa shape index (κ3) is 5.15. The molecule has 1 aliphatic heterocycles. The second kappa shape index (κ2) is 9.57. The highest BCUT2D eigenvalue weighted by atomic mass is 32.1. The summed E-state index contributed by atoms with van der Waals surface area (Å²) in [4.78, 5) is 18.2. The molecule has 4 nitrogen and oxygen atoms in total. The second-order valence-electron chi connectivity index (χ2n) is 8.20. The number of carbonyl (C=O) groups is 1. The van der Waals surface area contributed by atoms with E-state index in [9.17, 15) is 4.79 Å². The Kier molecular flexibility index (Phi) is 7.13. The van der Waals surface area contributed by atoms with Crippen LogP contribution >= 0.6 is 11.3 Å². The molecule has 0 spiro atoms. The molecule has 5 heteroatoms. The third-order valence-electron chi connectivity index (χ3n) is 5.50. The van der Waals surface area contributed by atoms with Gasteiger partial charge in [-0.3, -0.25) is 9.69 Å². The van der Waals surface area contributed by atoms with Gasteiger partial charge in [0.2, 0.25) is 5.91 Å². The summed E-state index contributed by atoms with van der Waals surface area (Å²) >= 11 is 1.81. The summed E-state index contributed by atoms with van der Waals surface area (Å²) in [6.07, 6.45) is 0. The number of hydrogen-bond acceptors (Lipinski definition) is 4. The first-order chi connectivity index (χ1) is 13.5. The largest absolute Gasteiger partial charge is 0.496 e. The van der Waals surface area contributed by atoms with E-state index in [1.807, 2.05) is 28.4 Å². The molecular weight excluding hydrogens is 368 g/mol. The number of nitrogens with zero attached hydrogens (tertiary/aromatic N) is 2. The zero-order valence-corrected chi connectivity index (χ0v) is 18.2. The summed E-state index contributed by atoms with van der Waals surface area (Å²) in [5.74, 6) is 2.36. The number of methoxy groups -OCH3 is 1. The van der Waals surface area contributed by atoms with Crippen LogP contribution in [0, 0.1) is 11.8 Å². The Balaban J connectivity index is 1.83. The van der Waals surface area contributed by atoms with Crippen LogP contribution in [0.2, 0.25) is 0 Å². The lowest BCUT2D eigenvalue weighted by atomic mass is 9.87. The fourth-order valence-electron chi connectivity index (χ4n) is 4.28. The van der Waals surface area contributed by atoms with Crippen LogP contribution < -0.4 is 4.74 Å². The summed E-state index contributed by atoms with van der Waals surface area (Å²) in [5, 5.41) is 2.14. The normalized spacial score (nSPS) is 19.9. The van der Waals surface area contributed by atoms with Crippen LogP contribution in [0.15, 0.2) is 41.8 Å². The Bertz CT molecular complexity index is 760. The Labute approximate surface area is 173 Å². The van der Waals surface area contributed by atoms with Gasteiger partial charge in [-0.15, -0.1) is 11.3 Å². The number of para-hydroxylation sites is 1. The molecule has 2 aromatic rings. The number of hydrogen-bond donors (Lipinski definition) is 0. The van der Waals surface area contributed by atoms with Gasteiger partial charge in [0.05, 0.1) is 7.11 Å². The zero-order chi connectivity index (χ0) is 20.1. The van der Waals surface area contributed by atoms with Gasteiger partial charge >= 0.3 is 0 Å². The van der Waals surface area contributed by atoms with E-state index in [-0.39, 0.29) is 5.91 Å². The molecular formula is C23H32N2O2S. The standard InChI is InChI=1S/C23H32N2O2S/c1-17(2)12-25(18(3)26)14-19-13-24(15-20-8-7-11-28-20)16-22(19)21-9-5-6-10-23(21)27-4/h5-11,17,19,22H,12-16H2,1-4H3. The van der Waals surface area contributed by atoms with Crippen molar-refractivity contribution in [2.75, 3.05) is 33.3 Å². The minimum atomic E-state index is 0.171. The molecule has 28 heavy (non-hydrogen) atoms. The van der Waals surface area contributed by atoms with E-state index in [1.54, 1.807) is 14.0 Å². The highest BCUT2D eigenvalue weighted by molar-refractivity contribution is 7.09. The van der Waals surface area contributed by atoms with E-state index in [4.69, 9.17) is 4.74 Å². The Hall–Kier alpha value is -1.85. The maximum absolute atomic E-state index is 12.3. The monoisotopic (exact) mass is 400 g/mol. The second-order valence-corrected chi connectivity index (χ2v) is 9.23. The molecule has 3 rings (SSSR count). The van der Waals surface area contributed by atoms with Crippen molar-refractivity contribution in [3.63, 3.8) is 0 Å².